The standard InChI is InChI=1S/C21H24N2O6S/c1-2-29-21(25)18-4-3-5-19(14-18)22-20(24)17-8-6-16(7-9-17)15-30(26,27)23-10-12-28-13-11-23/h3-9,14H,2,10-13,15H2,1H3,(H,22,24). The Morgan fingerprint density at radius 2 is 1.77 bits per heavy atom. The molecule has 1 aliphatic rings. The lowest BCUT2D eigenvalue weighted by Gasteiger charge is -2.26. The van der Waals surface area contributed by atoms with Gasteiger partial charge in [0.15, 0.2) is 0 Å². The first kappa shape index (κ1) is 21.9. The zero-order valence-corrected chi connectivity index (χ0v) is 17.5. The Morgan fingerprint density at radius 3 is 2.43 bits per heavy atom. The Balaban J connectivity index is 1.64. The van der Waals surface area contributed by atoms with Gasteiger partial charge < -0.3 is 14.8 Å². The minimum atomic E-state index is -3.43. The summed E-state index contributed by atoms with van der Waals surface area (Å²) in [6.45, 7) is 3.50. The van der Waals surface area contributed by atoms with Crippen molar-refractivity contribution in [1.29, 1.82) is 0 Å². The maximum Gasteiger partial charge on any atom is 0.338 e. The summed E-state index contributed by atoms with van der Waals surface area (Å²) in [5.74, 6) is -0.950. The quantitative estimate of drug-likeness (QED) is 0.674. The molecule has 3 rings (SSSR count). The van der Waals surface area contributed by atoms with E-state index in [1.165, 1.54) is 4.31 Å². The third kappa shape index (κ3) is 5.65. The number of nitrogens with zero attached hydrogens (tertiary/aromatic N) is 1. The summed E-state index contributed by atoms with van der Waals surface area (Å²) in [5.41, 5.74) is 1.79. The number of hydrogen-bond acceptors (Lipinski definition) is 6. The summed E-state index contributed by atoms with van der Waals surface area (Å²) in [6.07, 6.45) is 0. The van der Waals surface area contributed by atoms with Crippen LogP contribution in [0, 0.1) is 0 Å². The molecule has 1 saturated heterocycles. The minimum absolute atomic E-state index is 0.128. The number of carbonyl (C=O) groups excluding carboxylic acids is 2. The molecular weight excluding hydrogens is 408 g/mol. The minimum Gasteiger partial charge on any atom is -0.462 e. The van der Waals surface area contributed by atoms with Crippen molar-refractivity contribution < 1.29 is 27.5 Å². The van der Waals surface area contributed by atoms with Gasteiger partial charge in [-0.1, -0.05) is 18.2 Å². The number of carbonyl (C=O) groups is 2. The van der Waals surface area contributed by atoms with Crippen LogP contribution in [0.4, 0.5) is 5.69 Å². The van der Waals surface area contributed by atoms with Crippen molar-refractivity contribution in [2.24, 2.45) is 0 Å². The van der Waals surface area contributed by atoms with E-state index in [1.807, 2.05) is 0 Å². The molecule has 0 aliphatic carbocycles. The first-order valence-corrected chi connectivity index (χ1v) is 11.2. The number of amides is 1. The van der Waals surface area contributed by atoms with Crippen molar-refractivity contribution in [2.45, 2.75) is 12.7 Å². The lowest BCUT2D eigenvalue weighted by atomic mass is 10.1. The lowest BCUT2D eigenvalue weighted by Crippen LogP contribution is -2.41. The summed E-state index contributed by atoms with van der Waals surface area (Å²) in [6, 6.07) is 12.9. The molecule has 30 heavy (non-hydrogen) atoms. The summed E-state index contributed by atoms with van der Waals surface area (Å²) in [5, 5.41) is 2.73. The maximum atomic E-state index is 12.5. The Labute approximate surface area is 175 Å². The van der Waals surface area contributed by atoms with Crippen LogP contribution < -0.4 is 5.32 Å². The average Bonchev–Trinajstić information content (AvgIpc) is 2.75. The maximum absolute atomic E-state index is 12.5. The predicted molar refractivity (Wildman–Crippen MR) is 112 cm³/mol. The Morgan fingerprint density at radius 1 is 1.07 bits per heavy atom. The van der Waals surface area contributed by atoms with E-state index in [0.717, 1.165) is 0 Å². The summed E-state index contributed by atoms with van der Waals surface area (Å²) >= 11 is 0. The van der Waals surface area contributed by atoms with E-state index in [2.05, 4.69) is 5.32 Å². The third-order valence-corrected chi connectivity index (χ3v) is 6.41. The molecule has 1 amide bonds. The molecule has 1 heterocycles. The molecule has 0 saturated carbocycles. The third-order valence-electron chi connectivity index (χ3n) is 4.56. The van der Waals surface area contributed by atoms with Crippen LogP contribution in [0.2, 0.25) is 0 Å². The number of esters is 1. The molecule has 0 aromatic heterocycles. The second kappa shape index (κ2) is 9.84. The molecule has 2 aromatic carbocycles. The highest BCUT2D eigenvalue weighted by Gasteiger charge is 2.24. The highest BCUT2D eigenvalue weighted by Crippen LogP contribution is 2.16. The Hall–Kier alpha value is -2.75. The van der Waals surface area contributed by atoms with Crippen LogP contribution in [-0.2, 0) is 25.2 Å². The van der Waals surface area contributed by atoms with E-state index in [0.29, 0.717) is 48.7 Å². The number of benzene rings is 2. The van der Waals surface area contributed by atoms with Gasteiger partial charge in [0.25, 0.3) is 5.91 Å². The Kier molecular flexibility index (Phi) is 7.20. The molecule has 0 bridgehead atoms. The molecule has 0 unspecified atom stereocenters. The van der Waals surface area contributed by atoms with Gasteiger partial charge in [0, 0.05) is 24.3 Å². The van der Waals surface area contributed by atoms with Gasteiger partial charge in [-0.25, -0.2) is 13.2 Å². The normalized spacial score (nSPS) is 14.8. The summed E-state index contributed by atoms with van der Waals surface area (Å²) in [7, 11) is -3.43. The molecular formula is C21H24N2O6S. The van der Waals surface area contributed by atoms with Crippen molar-refractivity contribution >= 4 is 27.6 Å². The SMILES string of the molecule is CCOC(=O)c1cccc(NC(=O)c2ccc(CS(=O)(=O)N3CCOCC3)cc2)c1. The monoisotopic (exact) mass is 432 g/mol. The molecule has 160 valence electrons. The van der Waals surface area contributed by atoms with E-state index < -0.39 is 16.0 Å². The highest BCUT2D eigenvalue weighted by molar-refractivity contribution is 7.88. The van der Waals surface area contributed by atoms with Gasteiger partial charge in [-0.05, 0) is 42.8 Å². The number of sulfonamides is 1. The van der Waals surface area contributed by atoms with Crippen molar-refractivity contribution in [3.63, 3.8) is 0 Å². The number of ether oxygens (including phenoxy) is 2. The van der Waals surface area contributed by atoms with E-state index in [-0.39, 0.29) is 18.3 Å². The molecule has 2 aromatic rings. The first-order chi connectivity index (χ1) is 14.4. The zero-order valence-electron chi connectivity index (χ0n) is 16.7. The molecule has 1 fully saturated rings. The predicted octanol–water partition coefficient (Wildman–Crippen LogP) is 2.28. The van der Waals surface area contributed by atoms with Crippen LogP contribution >= 0.6 is 0 Å². The van der Waals surface area contributed by atoms with Crippen molar-refractivity contribution in [2.75, 3.05) is 38.2 Å². The van der Waals surface area contributed by atoms with E-state index in [1.54, 1.807) is 55.5 Å². The molecule has 0 spiro atoms. The second-order valence-electron chi connectivity index (χ2n) is 6.72. The average molecular weight is 432 g/mol. The number of hydrogen-bond donors (Lipinski definition) is 1. The fourth-order valence-corrected chi connectivity index (χ4v) is 4.52. The van der Waals surface area contributed by atoms with Gasteiger partial charge in [-0.2, -0.15) is 4.31 Å². The number of rotatable bonds is 7. The number of morpholine rings is 1. The number of nitrogens with one attached hydrogen (secondary N) is 1. The lowest BCUT2D eigenvalue weighted by molar-refractivity contribution is 0.0526. The smallest absolute Gasteiger partial charge is 0.338 e. The summed E-state index contributed by atoms with van der Waals surface area (Å²) in [4.78, 5) is 24.3. The van der Waals surface area contributed by atoms with Crippen molar-refractivity contribution in [3.8, 4) is 0 Å². The largest absolute Gasteiger partial charge is 0.462 e. The van der Waals surface area contributed by atoms with Gasteiger partial charge in [-0.15, -0.1) is 0 Å². The second-order valence-corrected chi connectivity index (χ2v) is 8.69. The van der Waals surface area contributed by atoms with Crippen molar-refractivity contribution in [3.05, 3.63) is 65.2 Å². The van der Waals surface area contributed by atoms with Crippen LogP contribution in [-0.4, -0.2) is 57.5 Å². The summed E-state index contributed by atoms with van der Waals surface area (Å²) < 4.78 is 36.6. The highest BCUT2D eigenvalue weighted by atomic mass is 32.2. The van der Waals surface area contributed by atoms with E-state index in [9.17, 15) is 18.0 Å². The molecule has 0 radical (unpaired) electrons. The fourth-order valence-electron chi connectivity index (χ4n) is 3.02. The van der Waals surface area contributed by atoms with E-state index >= 15 is 0 Å². The van der Waals surface area contributed by atoms with Gasteiger partial charge >= 0.3 is 5.97 Å². The van der Waals surface area contributed by atoms with Gasteiger partial charge in [-0.3, -0.25) is 4.79 Å². The van der Waals surface area contributed by atoms with Crippen molar-refractivity contribution in [1.82, 2.24) is 4.31 Å². The van der Waals surface area contributed by atoms with Crippen LogP contribution in [0.15, 0.2) is 48.5 Å². The fraction of sp³-hybridized carbons (Fsp3) is 0.333. The molecule has 1 N–H and O–H groups in total. The molecule has 9 heteroatoms. The number of anilines is 1. The topological polar surface area (TPSA) is 102 Å². The Bertz CT molecular complexity index is 998. The van der Waals surface area contributed by atoms with Gasteiger partial charge in [0.2, 0.25) is 10.0 Å². The van der Waals surface area contributed by atoms with Crippen LogP contribution in [0.1, 0.15) is 33.2 Å². The van der Waals surface area contributed by atoms with Crippen LogP contribution in [0.25, 0.3) is 0 Å². The first-order valence-electron chi connectivity index (χ1n) is 9.62. The molecule has 8 nitrogen and oxygen atoms in total. The molecule has 0 atom stereocenters. The zero-order chi connectivity index (χ0) is 21.6. The van der Waals surface area contributed by atoms with Gasteiger partial charge in [0.1, 0.15) is 0 Å². The van der Waals surface area contributed by atoms with Crippen LogP contribution in [0.3, 0.4) is 0 Å². The molecule has 1 aliphatic heterocycles. The van der Waals surface area contributed by atoms with Crippen LogP contribution in [0.5, 0.6) is 0 Å². The van der Waals surface area contributed by atoms with Gasteiger partial charge in [0.05, 0.1) is 31.1 Å². The van der Waals surface area contributed by atoms with E-state index in [4.69, 9.17) is 9.47 Å².